The normalized spacial score (nSPS) is 10.2. The zero-order valence-corrected chi connectivity index (χ0v) is 8.36. The van der Waals surface area contributed by atoms with Crippen LogP contribution in [0.3, 0.4) is 0 Å². The number of halogens is 1. The average Bonchev–Trinajstić information content (AvgIpc) is 2.27. The predicted octanol–water partition coefficient (Wildman–Crippen LogP) is 1.18. The zero-order valence-electron chi connectivity index (χ0n) is 7.61. The van der Waals surface area contributed by atoms with Crippen LogP contribution in [0.4, 0.5) is 0 Å². The first-order valence-corrected chi connectivity index (χ1v) is 4.63. The minimum Gasteiger partial charge on any atom is -0.297 e. The van der Waals surface area contributed by atoms with E-state index in [0.29, 0.717) is 5.69 Å². The number of aromatic nitrogens is 2. The van der Waals surface area contributed by atoms with Crippen molar-refractivity contribution >= 4 is 11.6 Å². The highest BCUT2D eigenvalue weighted by Gasteiger charge is 2.05. The lowest BCUT2D eigenvalue weighted by Crippen LogP contribution is -2.34. The summed E-state index contributed by atoms with van der Waals surface area (Å²) in [6, 6.07) is 8.79. The molecule has 0 aliphatic carbocycles. The molecule has 0 aliphatic rings. The van der Waals surface area contributed by atoms with E-state index < -0.39 is 11.0 Å². The maximum absolute atomic E-state index is 11.5. The van der Waals surface area contributed by atoms with Gasteiger partial charge in [0, 0.05) is 6.20 Å². The molecule has 0 spiro atoms. The topological polar surface area (TPSA) is 54.9 Å². The van der Waals surface area contributed by atoms with Crippen molar-refractivity contribution in [1.82, 2.24) is 9.78 Å². The van der Waals surface area contributed by atoms with Gasteiger partial charge in [-0.15, -0.1) is 0 Å². The molecule has 0 amide bonds. The van der Waals surface area contributed by atoms with Crippen LogP contribution in [-0.4, -0.2) is 9.78 Å². The number of hydrogen-bond acceptors (Lipinski definition) is 2. The smallest absolute Gasteiger partial charge is 0.297 e. The van der Waals surface area contributed by atoms with Gasteiger partial charge in [0.15, 0.2) is 0 Å². The molecule has 1 aromatic heterocycles. The highest BCUT2D eigenvalue weighted by atomic mass is 35.5. The Labute approximate surface area is 89.7 Å². The van der Waals surface area contributed by atoms with Gasteiger partial charge >= 0.3 is 5.56 Å². The molecule has 0 fully saturated rings. The predicted molar refractivity (Wildman–Crippen MR) is 57.7 cm³/mol. The first-order chi connectivity index (χ1) is 7.20. The van der Waals surface area contributed by atoms with E-state index in [1.165, 1.54) is 6.20 Å². The third kappa shape index (κ3) is 1.71. The van der Waals surface area contributed by atoms with Crippen LogP contribution in [0, 0.1) is 0 Å². The van der Waals surface area contributed by atoms with Crippen molar-refractivity contribution in [2.45, 2.75) is 0 Å². The molecule has 0 saturated heterocycles. The lowest BCUT2D eigenvalue weighted by atomic mass is 10.3. The summed E-state index contributed by atoms with van der Waals surface area (Å²) in [5, 5.41) is 2.53. The minimum atomic E-state index is -0.709. The SMILES string of the molecule is O=c1c(Cl)c[nH]n(-c2ccccc2)c1=O. The standard InChI is InChI=1S/C10H7ClN2O2/c11-8-6-12-13(10(15)9(8)14)7-4-2-1-3-5-7/h1-6,12H. The van der Waals surface area contributed by atoms with Gasteiger partial charge in [-0.05, 0) is 12.1 Å². The fourth-order valence-corrected chi connectivity index (χ4v) is 1.35. The Bertz CT molecular complexity index is 586. The molecule has 0 bridgehead atoms. The van der Waals surface area contributed by atoms with Gasteiger partial charge in [-0.2, -0.15) is 0 Å². The van der Waals surface area contributed by atoms with Crippen molar-refractivity contribution in [3.63, 3.8) is 0 Å². The summed E-state index contributed by atoms with van der Waals surface area (Å²) in [6.45, 7) is 0. The van der Waals surface area contributed by atoms with E-state index in [0.717, 1.165) is 4.68 Å². The molecule has 0 unspecified atom stereocenters. The number of aromatic amines is 1. The van der Waals surface area contributed by atoms with E-state index in [-0.39, 0.29) is 5.02 Å². The lowest BCUT2D eigenvalue weighted by molar-refractivity contribution is 0.797. The molecule has 0 radical (unpaired) electrons. The third-order valence-corrected chi connectivity index (χ3v) is 2.23. The number of para-hydroxylation sites is 1. The summed E-state index contributed by atoms with van der Waals surface area (Å²) in [5.74, 6) is 0. The number of hydrogen-bond donors (Lipinski definition) is 1. The number of benzene rings is 1. The highest BCUT2D eigenvalue weighted by Crippen LogP contribution is 2.01. The molecule has 4 nitrogen and oxygen atoms in total. The third-order valence-electron chi connectivity index (χ3n) is 1.95. The quantitative estimate of drug-likeness (QED) is 0.737. The number of nitrogens with zero attached hydrogens (tertiary/aromatic N) is 1. The van der Waals surface area contributed by atoms with E-state index >= 15 is 0 Å². The molecule has 76 valence electrons. The summed E-state index contributed by atoms with van der Waals surface area (Å²) in [4.78, 5) is 22.8. The van der Waals surface area contributed by atoms with E-state index in [2.05, 4.69) is 5.10 Å². The molecule has 1 heterocycles. The second-order valence-corrected chi connectivity index (χ2v) is 3.33. The Balaban J connectivity index is 2.72. The second-order valence-electron chi connectivity index (χ2n) is 2.93. The fourth-order valence-electron chi connectivity index (χ4n) is 1.22. The molecule has 0 aliphatic heterocycles. The number of H-pyrrole nitrogens is 1. The van der Waals surface area contributed by atoms with Crippen molar-refractivity contribution < 1.29 is 0 Å². The van der Waals surface area contributed by atoms with Gasteiger partial charge in [0.2, 0.25) is 0 Å². The van der Waals surface area contributed by atoms with E-state index in [9.17, 15) is 9.59 Å². The minimum absolute atomic E-state index is 0.104. The van der Waals surface area contributed by atoms with Crippen molar-refractivity contribution in [3.05, 3.63) is 62.1 Å². The van der Waals surface area contributed by atoms with Crippen LogP contribution in [-0.2, 0) is 0 Å². The van der Waals surface area contributed by atoms with Gasteiger partial charge < -0.3 is 0 Å². The van der Waals surface area contributed by atoms with Crippen LogP contribution in [0.2, 0.25) is 5.02 Å². The van der Waals surface area contributed by atoms with Crippen molar-refractivity contribution in [1.29, 1.82) is 0 Å². The van der Waals surface area contributed by atoms with Gasteiger partial charge in [-0.3, -0.25) is 14.7 Å². The Morgan fingerprint density at radius 2 is 1.80 bits per heavy atom. The summed E-state index contributed by atoms with van der Waals surface area (Å²) < 4.78 is 1.15. The molecule has 2 rings (SSSR count). The van der Waals surface area contributed by atoms with Crippen LogP contribution in [0.5, 0.6) is 0 Å². The Kier molecular flexibility index (Phi) is 2.43. The molecule has 15 heavy (non-hydrogen) atoms. The van der Waals surface area contributed by atoms with E-state index in [1.54, 1.807) is 24.3 Å². The van der Waals surface area contributed by atoms with Crippen molar-refractivity contribution in [2.75, 3.05) is 0 Å². The Morgan fingerprint density at radius 1 is 1.13 bits per heavy atom. The Morgan fingerprint density at radius 3 is 2.47 bits per heavy atom. The molecule has 5 heteroatoms. The second kappa shape index (κ2) is 3.74. The molecule has 0 atom stereocenters. The molecule has 0 saturated carbocycles. The monoisotopic (exact) mass is 222 g/mol. The van der Waals surface area contributed by atoms with Crippen LogP contribution in [0.15, 0.2) is 46.1 Å². The first kappa shape index (κ1) is 9.73. The van der Waals surface area contributed by atoms with Gasteiger partial charge in [-0.25, -0.2) is 4.68 Å². The molecule has 1 N–H and O–H groups in total. The largest absolute Gasteiger partial charge is 0.318 e. The van der Waals surface area contributed by atoms with Crippen LogP contribution in [0.1, 0.15) is 0 Å². The molecular formula is C10H7ClN2O2. The molecule has 1 aromatic carbocycles. The van der Waals surface area contributed by atoms with Crippen LogP contribution >= 0.6 is 11.6 Å². The van der Waals surface area contributed by atoms with Gasteiger partial charge in [-0.1, -0.05) is 29.8 Å². The summed E-state index contributed by atoms with van der Waals surface area (Å²) in [7, 11) is 0. The first-order valence-electron chi connectivity index (χ1n) is 4.26. The molecular weight excluding hydrogens is 216 g/mol. The maximum Gasteiger partial charge on any atom is 0.318 e. The number of rotatable bonds is 1. The van der Waals surface area contributed by atoms with Gasteiger partial charge in [0.25, 0.3) is 5.43 Å². The highest BCUT2D eigenvalue weighted by molar-refractivity contribution is 6.30. The van der Waals surface area contributed by atoms with Crippen molar-refractivity contribution in [2.24, 2.45) is 0 Å². The van der Waals surface area contributed by atoms with Crippen molar-refractivity contribution in [3.8, 4) is 5.69 Å². The summed E-state index contributed by atoms with van der Waals surface area (Å²) >= 11 is 5.52. The van der Waals surface area contributed by atoms with Gasteiger partial charge in [0.1, 0.15) is 5.02 Å². The summed E-state index contributed by atoms with van der Waals surface area (Å²) in [5.41, 5.74) is -0.802. The molecule has 2 aromatic rings. The van der Waals surface area contributed by atoms with Crippen LogP contribution in [0.25, 0.3) is 5.69 Å². The van der Waals surface area contributed by atoms with Crippen LogP contribution < -0.4 is 11.0 Å². The fraction of sp³-hybridized carbons (Fsp3) is 0. The van der Waals surface area contributed by atoms with Gasteiger partial charge in [0.05, 0.1) is 5.69 Å². The lowest BCUT2D eigenvalue weighted by Gasteiger charge is -2.03. The zero-order chi connectivity index (χ0) is 10.8. The van der Waals surface area contributed by atoms with E-state index in [1.807, 2.05) is 6.07 Å². The maximum atomic E-state index is 11.5. The Hall–Kier alpha value is -1.81. The average molecular weight is 223 g/mol. The summed E-state index contributed by atoms with van der Waals surface area (Å²) in [6.07, 6.45) is 1.29. The van der Waals surface area contributed by atoms with E-state index in [4.69, 9.17) is 11.6 Å². The number of nitrogens with one attached hydrogen (secondary N) is 1.